The van der Waals surface area contributed by atoms with Crippen LogP contribution in [0.15, 0.2) is 35.7 Å². The van der Waals surface area contributed by atoms with Crippen molar-refractivity contribution in [3.63, 3.8) is 0 Å². The van der Waals surface area contributed by atoms with E-state index in [9.17, 15) is 22.0 Å². The minimum Gasteiger partial charge on any atom is -0.350 e. The molecule has 1 fully saturated rings. The van der Waals surface area contributed by atoms with Crippen molar-refractivity contribution in [2.24, 2.45) is 10.9 Å². The second kappa shape index (κ2) is 10.9. The van der Waals surface area contributed by atoms with Gasteiger partial charge in [0.15, 0.2) is 5.82 Å². The molecule has 204 valence electrons. The van der Waals surface area contributed by atoms with Crippen molar-refractivity contribution in [1.29, 1.82) is 0 Å². The first-order chi connectivity index (χ1) is 18.1. The summed E-state index contributed by atoms with van der Waals surface area (Å²) in [6.07, 6.45) is 0.401. The van der Waals surface area contributed by atoms with E-state index in [4.69, 9.17) is 0 Å². The molecule has 38 heavy (non-hydrogen) atoms. The number of hydrogen-bond donors (Lipinski definition) is 1. The molecule has 0 aliphatic carbocycles. The molecule has 0 bridgehead atoms. The SMILES string of the molecule is CC1=Nc2ncc(-c3ccn4nc(NC5CCN(CCC(F)(F)F)CC5)ncc34)cc2C[C@@H]1CCC(F)F. The van der Waals surface area contributed by atoms with Gasteiger partial charge < -0.3 is 10.2 Å². The number of anilines is 1. The first-order valence-electron chi connectivity index (χ1n) is 12.9. The third-order valence-electron chi connectivity index (χ3n) is 7.38. The van der Waals surface area contributed by atoms with Gasteiger partial charge in [-0.25, -0.2) is 28.3 Å². The van der Waals surface area contributed by atoms with Gasteiger partial charge in [-0.05, 0) is 50.3 Å². The molecule has 0 unspecified atom stereocenters. The van der Waals surface area contributed by atoms with Crippen LogP contribution in [-0.4, -0.2) is 68.5 Å². The van der Waals surface area contributed by atoms with Crippen molar-refractivity contribution < 1.29 is 22.0 Å². The lowest BCUT2D eigenvalue weighted by molar-refractivity contribution is -0.138. The van der Waals surface area contributed by atoms with Crippen LogP contribution in [0.5, 0.6) is 0 Å². The zero-order valence-corrected chi connectivity index (χ0v) is 21.1. The maximum atomic E-state index is 12.7. The van der Waals surface area contributed by atoms with Gasteiger partial charge in [-0.2, -0.15) is 13.2 Å². The molecule has 5 rings (SSSR count). The quantitative estimate of drug-likeness (QED) is 0.362. The summed E-state index contributed by atoms with van der Waals surface area (Å²) in [6, 6.07) is 4.04. The Labute approximate surface area is 217 Å². The molecule has 0 spiro atoms. The van der Waals surface area contributed by atoms with Gasteiger partial charge in [-0.3, -0.25) is 0 Å². The Kier molecular flexibility index (Phi) is 7.60. The van der Waals surface area contributed by atoms with Crippen LogP contribution in [0.25, 0.3) is 16.6 Å². The summed E-state index contributed by atoms with van der Waals surface area (Å²) in [5.74, 6) is 1.08. The molecule has 3 aromatic rings. The number of alkyl halides is 5. The predicted octanol–water partition coefficient (Wildman–Crippen LogP) is 5.93. The highest BCUT2D eigenvalue weighted by atomic mass is 19.4. The molecule has 2 aliphatic heterocycles. The van der Waals surface area contributed by atoms with Crippen LogP contribution in [-0.2, 0) is 6.42 Å². The minimum atomic E-state index is -4.13. The second-order valence-corrected chi connectivity index (χ2v) is 10.1. The Hall–Kier alpha value is -3.15. The van der Waals surface area contributed by atoms with E-state index in [-0.39, 0.29) is 24.9 Å². The third kappa shape index (κ3) is 6.28. The van der Waals surface area contributed by atoms with Crippen molar-refractivity contribution in [1.82, 2.24) is 24.5 Å². The number of nitrogens with zero attached hydrogens (tertiary/aromatic N) is 6. The van der Waals surface area contributed by atoms with Crippen LogP contribution in [0, 0.1) is 5.92 Å². The van der Waals surface area contributed by atoms with Crippen LogP contribution in [0.2, 0.25) is 0 Å². The van der Waals surface area contributed by atoms with Crippen LogP contribution >= 0.6 is 0 Å². The Morgan fingerprint density at radius 1 is 1.13 bits per heavy atom. The zero-order chi connectivity index (χ0) is 26.9. The van der Waals surface area contributed by atoms with Crippen LogP contribution < -0.4 is 5.32 Å². The van der Waals surface area contributed by atoms with Gasteiger partial charge >= 0.3 is 6.18 Å². The third-order valence-corrected chi connectivity index (χ3v) is 7.38. The number of rotatable bonds is 8. The number of aliphatic imine (C=N–C) groups is 1. The highest BCUT2D eigenvalue weighted by Crippen LogP contribution is 2.34. The van der Waals surface area contributed by atoms with E-state index in [0.29, 0.717) is 37.7 Å². The monoisotopic (exact) mass is 535 g/mol. The fourth-order valence-electron chi connectivity index (χ4n) is 5.19. The smallest absolute Gasteiger partial charge is 0.350 e. The Bertz CT molecular complexity index is 1290. The molecule has 12 heteroatoms. The number of hydrogen-bond acceptors (Lipinski definition) is 6. The van der Waals surface area contributed by atoms with E-state index in [1.165, 1.54) is 0 Å². The Morgan fingerprint density at radius 3 is 2.66 bits per heavy atom. The van der Waals surface area contributed by atoms with Gasteiger partial charge in [-0.15, -0.1) is 5.10 Å². The molecule has 1 atom stereocenters. The van der Waals surface area contributed by atoms with Crippen molar-refractivity contribution in [3.05, 3.63) is 36.3 Å². The Morgan fingerprint density at radius 2 is 1.92 bits per heavy atom. The summed E-state index contributed by atoms with van der Waals surface area (Å²) in [6.45, 7) is 3.10. The normalized spacial score (nSPS) is 19.1. The number of pyridine rings is 1. The van der Waals surface area contributed by atoms with Crippen LogP contribution in [0.4, 0.5) is 33.7 Å². The lowest BCUT2D eigenvalue weighted by Crippen LogP contribution is -2.40. The average molecular weight is 536 g/mol. The number of piperidine rings is 1. The number of aromatic nitrogens is 4. The van der Waals surface area contributed by atoms with E-state index in [1.807, 2.05) is 30.2 Å². The Balaban J connectivity index is 1.25. The largest absolute Gasteiger partial charge is 0.390 e. The highest BCUT2D eigenvalue weighted by molar-refractivity contribution is 5.89. The van der Waals surface area contributed by atoms with Gasteiger partial charge in [0.25, 0.3) is 0 Å². The van der Waals surface area contributed by atoms with Crippen molar-refractivity contribution in [2.75, 3.05) is 25.0 Å². The molecule has 0 amide bonds. The van der Waals surface area contributed by atoms with Crippen LogP contribution in [0.1, 0.15) is 44.6 Å². The fraction of sp³-hybridized carbons (Fsp3) is 0.538. The molecular weight excluding hydrogens is 505 g/mol. The molecule has 0 saturated carbocycles. The second-order valence-electron chi connectivity index (χ2n) is 10.1. The molecule has 0 aromatic carbocycles. The van der Waals surface area contributed by atoms with Gasteiger partial charge in [0.05, 0.1) is 18.1 Å². The van der Waals surface area contributed by atoms with Gasteiger partial charge in [0.1, 0.15) is 0 Å². The van der Waals surface area contributed by atoms with E-state index >= 15 is 0 Å². The van der Waals surface area contributed by atoms with E-state index in [0.717, 1.165) is 40.8 Å². The van der Waals surface area contributed by atoms with E-state index in [1.54, 1.807) is 16.9 Å². The summed E-state index contributed by atoms with van der Waals surface area (Å²) in [5, 5.41) is 7.88. The summed E-state index contributed by atoms with van der Waals surface area (Å²) >= 11 is 0. The highest BCUT2D eigenvalue weighted by Gasteiger charge is 2.29. The molecule has 5 heterocycles. The summed E-state index contributed by atoms with van der Waals surface area (Å²) in [7, 11) is 0. The average Bonchev–Trinajstić information content (AvgIpc) is 3.29. The topological polar surface area (TPSA) is 70.7 Å². The maximum Gasteiger partial charge on any atom is 0.390 e. The first-order valence-corrected chi connectivity index (χ1v) is 12.9. The van der Waals surface area contributed by atoms with Crippen molar-refractivity contribution in [3.8, 4) is 11.1 Å². The van der Waals surface area contributed by atoms with Gasteiger partial charge in [0, 0.05) is 67.2 Å². The molecular formula is C26H30F5N7. The van der Waals surface area contributed by atoms with Crippen molar-refractivity contribution in [2.45, 2.75) is 64.1 Å². The molecule has 3 aromatic heterocycles. The molecule has 2 aliphatic rings. The molecule has 7 nitrogen and oxygen atoms in total. The summed E-state index contributed by atoms with van der Waals surface area (Å²) in [4.78, 5) is 15.4. The minimum absolute atomic E-state index is 0.0206. The van der Waals surface area contributed by atoms with E-state index in [2.05, 4.69) is 25.4 Å². The summed E-state index contributed by atoms with van der Waals surface area (Å²) in [5.41, 5.74) is 4.36. The number of halogens is 5. The van der Waals surface area contributed by atoms with Gasteiger partial charge in [0.2, 0.25) is 12.4 Å². The lowest BCUT2D eigenvalue weighted by Gasteiger charge is -2.32. The standard InChI is InChI=1S/C26H30F5N7/c1-16-17(2-3-23(27)28)12-18-13-19(14-32-24(18)34-16)21-6-10-38-22(21)15-33-25(36-38)35-20-4-8-37(9-5-20)11-7-26(29,30)31/h6,10,13-15,17,20,23H,2-5,7-9,11-12H2,1H3,(H,35,36)/t17-/m0/s1. The number of fused-ring (bicyclic) bond motifs is 2. The lowest BCUT2D eigenvalue weighted by atomic mass is 9.88. The molecule has 1 N–H and O–H groups in total. The van der Waals surface area contributed by atoms with Gasteiger partial charge in [-0.1, -0.05) is 0 Å². The maximum absolute atomic E-state index is 12.7. The number of nitrogens with one attached hydrogen (secondary N) is 1. The first kappa shape index (κ1) is 26.5. The summed E-state index contributed by atoms with van der Waals surface area (Å²) < 4.78 is 64.7. The zero-order valence-electron chi connectivity index (χ0n) is 21.1. The van der Waals surface area contributed by atoms with E-state index < -0.39 is 19.0 Å². The fourth-order valence-corrected chi connectivity index (χ4v) is 5.19. The molecule has 1 saturated heterocycles. The predicted molar refractivity (Wildman–Crippen MR) is 135 cm³/mol. The number of likely N-dealkylation sites (tertiary alicyclic amines) is 1. The van der Waals surface area contributed by atoms with Crippen molar-refractivity contribution >= 4 is 23.0 Å². The molecule has 0 radical (unpaired) electrons. The van der Waals surface area contributed by atoms with Crippen LogP contribution in [0.3, 0.4) is 0 Å².